The van der Waals surface area contributed by atoms with Crippen LogP contribution in [-0.4, -0.2) is 29.8 Å². The van der Waals surface area contributed by atoms with Crippen LogP contribution in [-0.2, 0) is 22.9 Å². The van der Waals surface area contributed by atoms with E-state index in [-0.39, 0.29) is 29.1 Å². The Balaban J connectivity index is 1.79. The van der Waals surface area contributed by atoms with Crippen LogP contribution in [0.4, 0.5) is 4.39 Å². The van der Waals surface area contributed by atoms with Crippen molar-refractivity contribution in [2.24, 2.45) is 0 Å². The summed E-state index contributed by atoms with van der Waals surface area (Å²) in [4.78, 5) is 18.1. The van der Waals surface area contributed by atoms with Crippen LogP contribution in [0.1, 0.15) is 61.5 Å². The smallest absolute Gasteiger partial charge is 0.257 e. The van der Waals surface area contributed by atoms with E-state index in [1.165, 1.54) is 0 Å². The minimum Gasteiger partial charge on any atom is -0.296 e. The molecule has 0 aliphatic heterocycles. The summed E-state index contributed by atoms with van der Waals surface area (Å²) in [5, 5.41) is 0. The summed E-state index contributed by atoms with van der Waals surface area (Å²) in [5.74, 6) is -0.678. The van der Waals surface area contributed by atoms with Gasteiger partial charge in [-0.15, -0.1) is 0 Å². The molecule has 1 aliphatic rings. The van der Waals surface area contributed by atoms with Crippen LogP contribution in [0, 0.1) is 12.7 Å². The predicted molar refractivity (Wildman–Crippen MR) is 137 cm³/mol. The van der Waals surface area contributed by atoms with Gasteiger partial charge in [-0.25, -0.2) is 22.5 Å². The molecule has 35 heavy (non-hydrogen) atoms. The largest absolute Gasteiger partial charge is 0.296 e. The summed E-state index contributed by atoms with van der Waals surface area (Å²) >= 11 is 0. The van der Waals surface area contributed by atoms with Gasteiger partial charge in [0.05, 0.1) is 17.8 Å². The van der Waals surface area contributed by atoms with Gasteiger partial charge in [0.15, 0.2) is 0 Å². The lowest BCUT2D eigenvalue weighted by Gasteiger charge is -2.33. The molecule has 3 aromatic rings. The third-order valence-electron chi connectivity index (χ3n) is 6.82. The number of aryl methyl sites for hydroxylation is 2. The van der Waals surface area contributed by atoms with E-state index in [0.29, 0.717) is 36.0 Å². The molecule has 1 aliphatic carbocycles. The summed E-state index contributed by atoms with van der Waals surface area (Å²) in [7, 11) is -3.48. The van der Waals surface area contributed by atoms with Gasteiger partial charge in [-0.3, -0.25) is 9.36 Å². The SMILES string of the molecule is CCS(=O)(=O)N[C@H]1CCc2ncn(C(C)C)c(=O)c2[C@H]1Cc1cccc(-c2cccc(C)c2F)c1. The zero-order valence-corrected chi connectivity index (χ0v) is 21.4. The monoisotopic (exact) mass is 497 g/mol. The molecule has 4 rings (SSSR count). The molecule has 0 amide bonds. The van der Waals surface area contributed by atoms with Crippen molar-refractivity contribution in [3.8, 4) is 11.1 Å². The van der Waals surface area contributed by atoms with Crippen molar-refractivity contribution < 1.29 is 12.8 Å². The van der Waals surface area contributed by atoms with Crippen LogP contribution in [0.2, 0.25) is 0 Å². The number of benzene rings is 2. The zero-order chi connectivity index (χ0) is 25.3. The lowest BCUT2D eigenvalue weighted by atomic mass is 9.78. The highest BCUT2D eigenvalue weighted by Crippen LogP contribution is 2.34. The van der Waals surface area contributed by atoms with Crippen molar-refractivity contribution in [1.29, 1.82) is 0 Å². The van der Waals surface area contributed by atoms with Gasteiger partial charge in [0.1, 0.15) is 5.82 Å². The second-order valence-electron chi connectivity index (χ2n) is 9.53. The molecule has 186 valence electrons. The van der Waals surface area contributed by atoms with Gasteiger partial charge in [0.2, 0.25) is 10.0 Å². The van der Waals surface area contributed by atoms with Crippen LogP contribution in [0.3, 0.4) is 0 Å². The number of nitrogens with zero attached hydrogens (tertiary/aromatic N) is 2. The molecular formula is C27H32FN3O3S. The first-order valence-electron chi connectivity index (χ1n) is 12.1. The molecule has 0 saturated heterocycles. The minimum absolute atomic E-state index is 0.0333. The Labute approximate surface area is 206 Å². The van der Waals surface area contributed by atoms with Crippen molar-refractivity contribution in [1.82, 2.24) is 14.3 Å². The molecule has 1 heterocycles. The summed E-state index contributed by atoms with van der Waals surface area (Å²) in [5.41, 5.74) is 3.91. The third-order valence-corrected chi connectivity index (χ3v) is 8.24. The van der Waals surface area contributed by atoms with E-state index in [0.717, 1.165) is 16.8 Å². The highest BCUT2D eigenvalue weighted by molar-refractivity contribution is 7.89. The van der Waals surface area contributed by atoms with Crippen molar-refractivity contribution in [2.75, 3.05) is 5.75 Å². The Morgan fingerprint density at radius 3 is 2.66 bits per heavy atom. The Morgan fingerprint density at radius 2 is 1.94 bits per heavy atom. The number of halogens is 1. The van der Waals surface area contributed by atoms with E-state index in [1.807, 2.05) is 44.2 Å². The average Bonchev–Trinajstić information content (AvgIpc) is 2.82. The highest BCUT2D eigenvalue weighted by Gasteiger charge is 2.35. The van der Waals surface area contributed by atoms with E-state index in [9.17, 15) is 17.6 Å². The molecule has 1 aromatic heterocycles. The summed E-state index contributed by atoms with van der Waals surface area (Å²) < 4.78 is 44.2. The first-order valence-corrected chi connectivity index (χ1v) is 13.7. The van der Waals surface area contributed by atoms with Gasteiger partial charge in [0.25, 0.3) is 5.56 Å². The summed E-state index contributed by atoms with van der Waals surface area (Å²) in [6, 6.07) is 12.4. The number of nitrogens with one attached hydrogen (secondary N) is 1. The average molecular weight is 498 g/mol. The van der Waals surface area contributed by atoms with Gasteiger partial charge in [-0.2, -0.15) is 0 Å². The Morgan fingerprint density at radius 1 is 1.20 bits per heavy atom. The standard InChI is InChI=1S/C27H32FN3O3S/c1-5-35(33,34)30-23-12-13-24-25(27(32)31(16-29-24)17(2)3)22(23)15-19-9-7-10-20(14-19)21-11-6-8-18(4)26(21)28/h6-11,14,16-17,22-23,30H,5,12-13,15H2,1-4H3/t22-,23-/m0/s1. The first-order chi connectivity index (χ1) is 16.6. The van der Waals surface area contributed by atoms with Crippen molar-refractivity contribution in [2.45, 2.75) is 65.0 Å². The lowest BCUT2D eigenvalue weighted by Crippen LogP contribution is -2.46. The van der Waals surface area contributed by atoms with Crippen molar-refractivity contribution in [3.05, 3.63) is 87.3 Å². The molecule has 0 spiro atoms. The molecule has 6 nitrogen and oxygen atoms in total. The van der Waals surface area contributed by atoms with Gasteiger partial charge in [-0.05, 0) is 63.6 Å². The number of aromatic nitrogens is 2. The van der Waals surface area contributed by atoms with E-state index in [4.69, 9.17) is 0 Å². The lowest BCUT2D eigenvalue weighted by molar-refractivity contribution is 0.412. The van der Waals surface area contributed by atoms with Crippen LogP contribution in [0.25, 0.3) is 11.1 Å². The topological polar surface area (TPSA) is 81.1 Å². The molecule has 0 unspecified atom stereocenters. The molecule has 0 saturated carbocycles. The van der Waals surface area contributed by atoms with E-state index in [1.54, 1.807) is 36.9 Å². The number of fused-ring (bicyclic) bond motifs is 1. The quantitative estimate of drug-likeness (QED) is 0.521. The Kier molecular flexibility index (Phi) is 7.24. The van der Waals surface area contributed by atoms with Crippen LogP contribution in [0.5, 0.6) is 0 Å². The fourth-order valence-corrected chi connectivity index (χ4v) is 5.75. The molecule has 2 atom stereocenters. The van der Waals surface area contributed by atoms with E-state index < -0.39 is 16.1 Å². The third kappa shape index (κ3) is 5.23. The van der Waals surface area contributed by atoms with Gasteiger partial charge >= 0.3 is 0 Å². The van der Waals surface area contributed by atoms with E-state index >= 15 is 0 Å². The van der Waals surface area contributed by atoms with Crippen molar-refractivity contribution in [3.63, 3.8) is 0 Å². The fourth-order valence-electron chi connectivity index (χ4n) is 4.84. The van der Waals surface area contributed by atoms with Crippen LogP contribution >= 0.6 is 0 Å². The van der Waals surface area contributed by atoms with E-state index in [2.05, 4.69) is 9.71 Å². The Hall–Kier alpha value is -2.84. The molecule has 1 N–H and O–H groups in total. The van der Waals surface area contributed by atoms with Crippen LogP contribution < -0.4 is 10.3 Å². The Bertz CT molecular complexity index is 1400. The second kappa shape index (κ2) is 10.0. The maximum Gasteiger partial charge on any atom is 0.257 e. The zero-order valence-electron chi connectivity index (χ0n) is 20.6. The first kappa shape index (κ1) is 25.3. The summed E-state index contributed by atoms with van der Waals surface area (Å²) in [6.45, 7) is 7.18. The molecule has 0 fully saturated rings. The molecule has 0 bridgehead atoms. The van der Waals surface area contributed by atoms with Crippen LogP contribution in [0.15, 0.2) is 53.6 Å². The van der Waals surface area contributed by atoms with Crippen molar-refractivity contribution >= 4 is 10.0 Å². The summed E-state index contributed by atoms with van der Waals surface area (Å²) in [6.07, 6.45) is 3.11. The second-order valence-corrected chi connectivity index (χ2v) is 11.6. The highest BCUT2D eigenvalue weighted by atomic mass is 32.2. The number of hydrogen-bond donors (Lipinski definition) is 1. The number of rotatable bonds is 7. The number of sulfonamides is 1. The maximum atomic E-state index is 14.8. The fraction of sp³-hybridized carbons (Fsp3) is 0.407. The maximum absolute atomic E-state index is 14.8. The normalized spacial score (nSPS) is 18.0. The number of hydrogen-bond acceptors (Lipinski definition) is 4. The van der Waals surface area contributed by atoms with Gasteiger partial charge < -0.3 is 0 Å². The van der Waals surface area contributed by atoms with Gasteiger partial charge in [-0.1, -0.05) is 42.5 Å². The molecule has 0 radical (unpaired) electrons. The molecule has 2 aromatic carbocycles. The molecular weight excluding hydrogens is 465 g/mol. The van der Waals surface area contributed by atoms with Gasteiger partial charge in [0, 0.05) is 29.1 Å². The predicted octanol–water partition coefficient (Wildman–Crippen LogP) is 4.52. The minimum atomic E-state index is -3.48. The molecule has 8 heteroatoms.